The van der Waals surface area contributed by atoms with Gasteiger partial charge < -0.3 is 16.4 Å². The highest BCUT2D eigenvalue weighted by atomic mass is 32.1. The number of thiazole rings is 1. The van der Waals surface area contributed by atoms with Crippen LogP contribution in [-0.2, 0) is 4.79 Å². The molecule has 2 rings (SSSR count). The molecule has 0 bridgehead atoms. The van der Waals surface area contributed by atoms with Gasteiger partial charge in [0.25, 0.3) is 0 Å². The topological polar surface area (TPSA) is 97.1 Å². The molecule has 0 spiro atoms. The summed E-state index contributed by atoms with van der Waals surface area (Å²) in [6.07, 6.45) is 0. The maximum Gasteiger partial charge on any atom is 0.312 e. The van der Waals surface area contributed by atoms with Crippen LogP contribution in [0.15, 0.2) is 18.2 Å². The van der Waals surface area contributed by atoms with E-state index in [4.69, 9.17) is 5.73 Å². The summed E-state index contributed by atoms with van der Waals surface area (Å²) in [4.78, 5) is 27.6. The first-order valence-electron chi connectivity index (χ1n) is 6.61. The molecule has 1 atom stereocenters. The van der Waals surface area contributed by atoms with Crippen molar-refractivity contribution in [2.75, 3.05) is 5.32 Å². The largest absolute Gasteiger partial charge is 0.352 e. The van der Waals surface area contributed by atoms with Gasteiger partial charge in [0.1, 0.15) is 6.04 Å². The van der Waals surface area contributed by atoms with Gasteiger partial charge in [-0.1, -0.05) is 13.8 Å². The molecule has 1 heterocycles. The molecule has 4 N–H and O–H groups in total. The Bertz CT molecular complexity index is 681. The molecule has 21 heavy (non-hydrogen) atoms. The summed E-state index contributed by atoms with van der Waals surface area (Å²) in [6, 6.07) is 4.15. The Labute approximate surface area is 126 Å². The maximum atomic E-state index is 12.2. The molecule has 0 fully saturated rings. The van der Waals surface area contributed by atoms with Gasteiger partial charge in [-0.3, -0.25) is 4.79 Å². The SMILES string of the molecule is Cc1nc2ccc(NC(=O)[C@@H](NC(N)=O)C(C)C)cc2s1. The molecule has 3 amide bonds. The van der Waals surface area contributed by atoms with Crippen LogP contribution in [0.3, 0.4) is 0 Å². The smallest absolute Gasteiger partial charge is 0.312 e. The number of primary amides is 1. The zero-order chi connectivity index (χ0) is 15.6. The lowest BCUT2D eigenvalue weighted by Gasteiger charge is -2.20. The molecule has 0 saturated carbocycles. The molecule has 2 aromatic rings. The number of rotatable bonds is 4. The number of carbonyl (C=O) groups excluding carboxylic acids is 2. The quantitative estimate of drug-likeness (QED) is 0.808. The van der Waals surface area contributed by atoms with Crippen molar-refractivity contribution in [3.8, 4) is 0 Å². The molecule has 0 aliphatic heterocycles. The van der Waals surface area contributed by atoms with Gasteiger partial charge in [0.15, 0.2) is 0 Å². The molecular weight excluding hydrogens is 288 g/mol. The number of aryl methyl sites for hydroxylation is 1. The Hall–Kier alpha value is -2.15. The number of urea groups is 1. The van der Waals surface area contributed by atoms with Gasteiger partial charge in [-0.05, 0) is 31.0 Å². The predicted molar refractivity (Wildman–Crippen MR) is 84.3 cm³/mol. The third-order valence-corrected chi connectivity index (χ3v) is 3.94. The van der Waals surface area contributed by atoms with Gasteiger partial charge in [-0.15, -0.1) is 11.3 Å². The first kappa shape index (κ1) is 15.2. The van der Waals surface area contributed by atoms with E-state index in [2.05, 4.69) is 15.6 Å². The minimum absolute atomic E-state index is 0.0631. The number of anilines is 1. The number of fused-ring (bicyclic) bond motifs is 1. The Morgan fingerprint density at radius 2 is 2.05 bits per heavy atom. The van der Waals surface area contributed by atoms with Crippen molar-refractivity contribution in [1.82, 2.24) is 10.3 Å². The van der Waals surface area contributed by atoms with Gasteiger partial charge >= 0.3 is 6.03 Å². The second-order valence-corrected chi connectivity index (χ2v) is 6.37. The minimum atomic E-state index is -0.711. The highest BCUT2D eigenvalue weighted by Crippen LogP contribution is 2.24. The molecule has 0 unspecified atom stereocenters. The van der Waals surface area contributed by atoms with Crippen molar-refractivity contribution >= 4 is 39.2 Å². The van der Waals surface area contributed by atoms with Crippen LogP contribution < -0.4 is 16.4 Å². The summed E-state index contributed by atoms with van der Waals surface area (Å²) in [5.74, 6) is -0.351. The standard InChI is InChI=1S/C14H18N4O2S/c1-7(2)12(18-14(15)20)13(19)17-9-4-5-10-11(6-9)21-8(3)16-10/h4-7,12H,1-3H3,(H,17,19)(H3,15,18,20)/t12-/m0/s1. The first-order valence-corrected chi connectivity index (χ1v) is 7.42. The van der Waals surface area contributed by atoms with E-state index >= 15 is 0 Å². The Kier molecular flexibility index (Phi) is 4.42. The van der Waals surface area contributed by atoms with Gasteiger partial charge in [-0.2, -0.15) is 0 Å². The Balaban J connectivity index is 2.17. The van der Waals surface area contributed by atoms with Gasteiger partial charge in [0.2, 0.25) is 5.91 Å². The van der Waals surface area contributed by atoms with Crippen LogP contribution >= 0.6 is 11.3 Å². The molecule has 0 radical (unpaired) electrons. The second kappa shape index (κ2) is 6.09. The number of carbonyl (C=O) groups is 2. The number of hydrogen-bond donors (Lipinski definition) is 3. The number of aromatic nitrogens is 1. The van der Waals surface area contributed by atoms with Crippen LogP contribution in [0.4, 0.5) is 10.5 Å². The zero-order valence-corrected chi connectivity index (χ0v) is 13.0. The average molecular weight is 306 g/mol. The van der Waals surface area contributed by atoms with E-state index in [1.54, 1.807) is 17.4 Å². The van der Waals surface area contributed by atoms with Gasteiger partial charge in [0, 0.05) is 5.69 Å². The normalized spacial score (nSPS) is 12.4. The summed E-state index contributed by atoms with van der Waals surface area (Å²) in [6.45, 7) is 5.63. The fraction of sp³-hybridized carbons (Fsp3) is 0.357. The second-order valence-electron chi connectivity index (χ2n) is 5.13. The van der Waals surface area contributed by atoms with E-state index in [1.807, 2.05) is 32.9 Å². The Morgan fingerprint density at radius 1 is 1.33 bits per heavy atom. The number of nitrogens with zero attached hydrogens (tertiary/aromatic N) is 1. The molecule has 0 aliphatic rings. The highest BCUT2D eigenvalue weighted by molar-refractivity contribution is 7.18. The van der Waals surface area contributed by atoms with Crippen molar-refractivity contribution in [1.29, 1.82) is 0 Å². The van der Waals surface area contributed by atoms with Crippen molar-refractivity contribution < 1.29 is 9.59 Å². The van der Waals surface area contributed by atoms with E-state index < -0.39 is 12.1 Å². The molecule has 7 heteroatoms. The van der Waals surface area contributed by atoms with E-state index in [0.29, 0.717) is 5.69 Å². The van der Waals surface area contributed by atoms with Crippen LogP contribution in [0.2, 0.25) is 0 Å². The molecule has 112 valence electrons. The molecule has 1 aromatic heterocycles. The lowest BCUT2D eigenvalue weighted by atomic mass is 10.0. The summed E-state index contributed by atoms with van der Waals surface area (Å²) >= 11 is 1.57. The van der Waals surface area contributed by atoms with E-state index in [-0.39, 0.29) is 11.8 Å². The van der Waals surface area contributed by atoms with Crippen molar-refractivity contribution in [2.24, 2.45) is 11.7 Å². The number of hydrogen-bond acceptors (Lipinski definition) is 4. The molecule has 0 saturated heterocycles. The summed E-state index contributed by atoms with van der Waals surface area (Å²) in [7, 11) is 0. The Morgan fingerprint density at radius 3 is 2.67 bits per heavy atom. The van der Waals surface area contributed by atoms with Gasteiger partial charge in [0.05, 0.1) is 15.2 Å². The summed E-state index contributed by atoms with van der Waals surface area (Å²) in [5.41, 5.74) is 6.69. The maximum absolute atomic E-state index is 12.2. The lowest BCUT2D eigenvalue weighted by Crippen LogP contribution is -2.49. The van der Waals surface area contributed by atoms with Crippen molar-refractivity contribution in [3.05, 3.63) is 23.2 Å². The average Bonchev–Trinajstić information content (AvgIpc) is 2.74. The minimum Gasteiger partial charge on any atom is -0.352 e. The summed E-state index contributed by atoms with van der Waals surface area (Å²) in [5, 5.41) is 6.23. The first-order chi connectivity index (χ1) is 9.86. The van der Waals surface area contributed by atoms with Gasteiger partial charge in [-0.25, -0.2) is 9.78 Å². The van der Waals surface area contributed by atoms with Crippen LogP contribution in [0.1, 0.15) is 18.9 Å². The fourth-order valence-electron chi connectivity index (χ4n) is 2.03. The third kappa shape index (κ3) is 3.69. The van der Waals surface area contributed by atoms with Crippen molar-refractivity contribution in [3.63, 3.8) is 0 Å². The van der Waals surface area contributed by atoms with E-state index in [1.165, 1.54) is 0 Å². The lowest BCUT2D eigenvalue weighted by molar-refractivity contribution is -0.118. The van der Waals surface area contributed by atoms with Crippen LogP contribution in [0.5, 0.6) is 0 Å². The molecule has 0 aliphatic carbocycles. The summed E-state index contributed by atoms with van der Waals surface area (Å²) < 4.78 is 1.01. The molecule has 1 aromatic carbocycles. The van der Waals surface area contributed by atoms with Crippen LogP contribution in [0.25, 0.3) is 10.2 Å². The number of nitrogens with one attached hydrogen (secondary N) is 2. The van der Waals surface area contributed by atoms with Crippen molar-refractivity contribution in [2.45, 2.75) is 26.8 Å². The number of benzene rings is 1. The fourth-order valence-corrected chi connectivity index (χ4v) is 2.89. The highest BCUT2D eigenvalue weighted by Gasteiger charge is 2.23. The van der Waals surface area contributed by atoms with Crippen LogP contribution in [-0.4, -0.2) is 23.0 Å². The molecular formula is C14H18N4O2S. The third-order valence-electron chi connectivity index (χ3n) is 3.01. The van der Waals surface area contributed by atoms with Crippen LogP contribution in [0, 0.1) is 12.8 Å². The number of nitrogens with two attached hydrogens (primary N) is 1. The predicted octanol–water partition coefficient (Wildman–Crippen LogP) is 2.24. The monoisotopic (exact) mass is 306 g/mol. The van der Waals surface area contributed by atoms with E-state index in [9.17, 15) is 9.59 Å². The zero-order valence-electron chi connectivity index (χ0n) is 12.1. The number of amides is 3. The molecule has 6 nitrogen and oxygen atoms in total. The van der Waals surface area contributed by atoms with E-state index in [0.717, 1.165) is 15.2 Å².